The monoisotopic (exact) mass is 418 g/mol. The maximum absolute atomic E-state index is 12.2. The van der Waals surface area contributed by atoms with Crippen LogP contribution in [0.2, 0.25) is 0 Å². The number of benzene rings is 2. The van der Waals surface area contributed by atoms with Crippen molar-refractivity contribution in [2.24, 2.45) is 0 Å². The van der Waals surface area contributed by atoms with Crippen LogP contribution in [0.3, 0.4) is 0 Å². The van der Waals surface area contributed by atoms with Gasteiger partial charge in [0.05, 0.1) is 30.2 Å². The molecule has 0 aliphatic carbocycles. The zero-order chi connectivity index (χ0) is 21.6. The quantitative estimate of drug-likeness (QED) is 0.401. The van der Waals surface area contributed by atoms with Gasteiger partial charge in [0, 0.05) is 25.2 Å². The molecule has 0 saturated carbocycles. The molecule has 4 N–H and O–H groups in total. The summed E-state index contributed by atoms with van der Waals surface area (Å²) in [6.07, 6.45) is 5.65. The van der Waals surface area contributed by atoms with E-state index in [-0.39, 0.29) is 24.6 Å². The molecule has 4 rings (SSSR count). The number of amides is 1. The Labute approximate surface area is 181 Å². The van der Waals surface area contributed by atoms with Crippen LogP contribution >= 0.6 is 0 Å². The first-order valence-electron chi connectivity index (χ1n) is 10.3. The van der Waals surface area contributed by atoms with Crippen molar-refractivity contribution in [3.8, 4) is 0 Å². The molecule has 0 radical (unpaired) electrons. The number of aromatic nitrogens is 3. The fourth-order valence-electron chi connectivity index (χ4n) is 3.84. The second kappa shape index (κ2) is 9.55. The first-order chi connectivity index (χ1) is 15.1. The molecule has 0 spiro atoms. The van der Waals surface area contributed by atoms with E-state index in [0.717, 1.165) is 19.5 Å². The zero-order valence-electron chi connectivity index (χ0n) is 17.1. The van der Waals surface area contributed by atoms with Crippen LogP contribution in [0, 0.1) is 0 Å². The van der Waals surface area contributed by atoms with E-state index >= 15 is 0 Å². The molecular weight excluding hydrogens is 392 g/mol. The van der Waals surface area contributed by atoms with E-state index in [9.17, 15) is 9.90 Å². The minimum absolute atomic E-state index is 0.0792. The molecular formula is C23H26N6O2. The molecule has 1 fully saturated rings. The number of aliphatic hydroxyl groups excluding tert-OH is 1. The Morgan fingerprint density at radius 2 is 1.97 bits per heavy atom. The molecule has 3 aromatic rings. The van der Waals surface area contributed by atoms with Gasteiger partial charge in [-0.3, -0.25) is 9.69 Å². The number of hydrogen-bond donors (Lipinski definition) is 3. The van der Waals surface area contributed by atoms with Crippen molar-refractivity contribution in [1.82, 2.24) is 19.9 Å². The molecule has 160 valence electrons. The van der Waals surface area contributed by atoms with Crippen molar-refractivity contribution in [3.63, 3.8) is 0 Å². The molecule has 2 heterocycles. The third-order valence-corrected chi connectivity index (χ3v) is 5.47. The van der Waals surface area contributed by atoms with Gasteiger partial charge in [-0.2, -0.15) is 0 Å². The Hall–Kier alpha value is -3.49. The highest BCUT2D eigenvalue weighted by Crippen LogP contribution is 2.28. The molecule has 2 atom stereocenters. The number of para-hydroxylation sites is 2. The molecule has 8 heteroatoms. The Morgan fingerprint density at radius 1 is 1.19 bits per heavy atom. The molecule has 0 bridgehead atoms. The number of carbonyl (C=O) groups excluding carboxylic acids is 1. The highest BCUT2D eigenvalue weighted by molar-refractivity contribution is 6.03. The van der Waals surface area contributed by atoms with E-state index in [1.165, 1.54) is 11.6 Å². The molecule has 1 aliphatic rings. The molecule has 1 aromatic heterocycles. The Morgan fingerprint density at radius 3 is 2.74 bits per heavy atom. The summed E-state index contributed by atoms with van der Waals surface area (Å²) in [5, 5.41) is 21.0. The van der Waals surface area contributed by atoms with Gasteiger partial charge in [0.25, 0.3) is 0 Å². The van der Waals surface area contributed by atoms with Gasteiger partial charge in [-0.15, -0.1) is 5.10 Å². The molecule has 8 nitrogen and oxygen atoms in total. The van der Waals surface area contributed by atoms with E-state index in [0.29, 0.717) is 17.1 Å². The number of hydrogen-bond acceptors (Lipinski definition) is 6. The fourth-order valence-corrected chi connectivity index (χ4v) is 3.84. The van der Waals surface area contributed by atoms with Crippen LogP contribution in [-0.2, 0) is 11.3 Å². The van der Waals surface area contributed by atoms with Gasteiger partial charge in [-0.25, -0.2) is 4.68 Å². The number of likely N-dealkylation sites (tertiary alicyclic amines) is 1. The van der Waals surface area contributed by atoms with Crippen molar-refractivity contribution in [2.45, 2.75) is 25.0 Å². The smallest absolute Gasteiger partial charge is 0.248 e. The lowest BCUT2D eigenvalue weighted by Crippen LogP contribution is -2.31. The van der Waals surface area contributed by atoms with E-state index in [2.05, 4.69) is 32.7 Å². The van der Waals surface area contributed by atoms with Gasteiger partial charge >= 0.3 is 0 Å². The molecule has 2 aromatic carbocycles. The molecule has 31 heavy (non-hydrogen) atoms. The first-order valence-corrected chi connectivity index (χ1v) is 10.3. The highest BCUT2D eigenvalue weighted by atomic mass is 16.3. The van der Waals surface area contributed by atoms with Crippen LogP contribution in [0.1, 0.15) is 23.7 Å². The summed E-state index contributed by atoms with van der Waals surface area (Å²) in [5.41, 5.74) is 8.74. The predicted octanol–water partition coefficient (Wildman–Crippen LogP) is 2.32. The summed E-state index contributed by atoms with van der Waals surface area (Å²) in [6, 6.07) is 17.5. The highest BCUT2D eigenvalue weighted by Gasteiger charge is 2.33. The SMILES string of the molecule is Nc1ccccc1NC(=O)/C=C/c1cn([C@@H]2C[C@H](CO)N(Cc3ccccc3)C2)nn1. The van der Waals surface area contributed by atoms with Gasteiger partial charge in [0.2, 0.25) is 5.91 Å². The third kappa shape index (κ3) is 5.17. The van der Waals surface area contributed by atoms with Crippen molar-refractivity contribution in [1.29, 1.82) is 0 Å². The molecule has 1 amide bonds. The second-order valence-corrected chi connectivity index (χ2v) is 7.67. The van der Waals surface area contributed by atoms with E-state index in [1.807, 2.05) is 41.2 Å². The topological polar surface area (TPSA) is 109 Å². The lowest BCUT2D eigenvalue weighted by atomic mass is 10.1. The number of nitrogens with one attached hydrogen (secondary N) is 1. The molecule has 0 unspecified atom stereocenters. The minimum Gasteiger partial charge on any atom is -0.397 e. The second-order valence-electron chi connectivity index (χ2n) is 7.67. The van der Waals surface area contributed by atoms with Gasteiger partial charge in [-0.05, 0) is 30.2 Å². The van der Waals surface area contributed by atoms with Crippen LogP contribution in [0.25, 0.3) is 6.08 Å². The maximum Gasteiger partial charge on any atom is 0.248 e. The third-order valence-electron chi connectivity index (χ3n) is 5.47. The van der Waals surface area contributed by atoms with E-state index in [1.54, 1.807) is 18.2 Å². The van der Waals surface area contributed by atoms with Gasteiger partial charge in [-0.1, -0.05) is 47.7 Å². The standard InChI is InChI=1S/C23H26N6O2/c24-21-8-4-5-9-22(21)25-23(31)11-10-18-14-29(27-26-18)19-12-20(16-30)28(15-19)13-17-6-2-1-3-7-17/h1-11,14,19-20,30H,12-13,15-16,24H2,(H,25,31)/b11-10+/t19-,20-/m1/s1. The van der Waals surface area contributed by atoms with Crippen LogP contribution in [0.15, 0.2) is 66.9 Å². The minimum atomic E-state index is -0.289. The van der Waals surface area contributed by atoms with Crippen molar-refractivity contribution >= 4 is 23.4 Å². The van der Waals surface area contributed by atoms with Crippen molar-refractivity contribution in [2.75, 3.05) is 24.2 Å². The number of nitrogens with zero attached hydrogens (tertiary/aromatic N) is 4. The van der Waals surface area contributed by atoms with Crippen molar-refractivity contribution in [3.05, 3.63) is 78.1 Å². The van der Waals surface area contributed by atoms with Crippen LogP contribution in [0.5, 0.6) is 0 Å². The Balaban J connectivity index is 1.37. The van der Waals surface area contributed by atoms with Gasteiger partial charge in [0.15, 0.2) is 0 Å². The first kappa shape index (κ1) is 20.8. The lowest BCUT2D eigenvalue weighted by molar-refractivity contribution is -0.111. The lowest BCUT2D eigenvalue weighted by Gasteiger charge is -2.22. The van der Waals surface area contributed by atoms with Crippen LogP contribution < -0.4 is 11.1 Å². The van der Waals surface area contributed by atoms with Gasteiger partial charge in [0.1, 0.15) is 5.69 Å². The number of anilines is 2. The summed E-state index contributed by atoms with van der Waals surface area (Å²) < 4.78 is 1.82. The van der Waals surface area contributed by atoms with E-state index in [4.69, 9.17) is 5.73 Å². The number of aliphatic hydroxyl groups is 1. The zero-order valence-corrected chi connectivity index (χ0v) is 17.1. The maximum atomic E-state index is 12.2. The Kier molecular flexibility index (Phi) is 6.40. The van der Waals surface area contributed by atoms with E-state index < -0.39 is 0 Å². The largest absolute Gasteiger partial charge is 0.397 e. The summed E-state index contributed by atoms with van der Waals surface area (Å²) in [7, 11) is 0. The van der Waals surface area contributed by atoms with Crippen LogP contribution in [0.4, 0.5) is 11.4 Å². The summed E-state index contributed by atoms with van der Waals surface area (Å²) in [5.74, 6) is -0.289. The normalized spacial score (nSPS) is 19.1. The average Bonchev–Trinajstić information content (AvgIpc) is 3.41. The summed E-state index contributed by atoms with van der Waals surface area (Å²) in [4.78, 5) is 14.4. The number of carbonyl (C=O) groups is 1. The summed E-state index contributed by atoms with van der Waals surface area (Å²) in [6.45, 7) is 1.67. The number of nitrogens with two attached hydrogens (primary N) is 1. The number of nitrogen functional groups attached to an aromatic ring is 1. The fraction of sp³-hybridized carbons (Fsp3) is 0.261. The van der Waals surface area contributed by atoms with Crippen LogP contribution in [-0.4, -0.2) is 50.1 Å². The predicted molar refractivity (Wildman–Crippen MR) is 120 cm³/mol. The summed E-state index contributed by atoms with van der Waals surface area (Å²) >= 11 is 0. The van der Waals surface area contributed by atoms with Gasteiger partial charge < -0.3 is 16.2 Å². The molecule has 1 saturated heterocycles. The number of rotatable bonds is 7. The van der Waals surface area contributed by atoms with Crippen molar-refractivity contribution < 1.29 is 9.90 Å². The Bertz CT molecular complexity index is 1050. The average molecular weight is 419 g/mol. The molecule has 1 aliphatic heterocycles.